The molecule has 1 saturated heterocycles. The van der Waals surface area contributed by atoms with Crippen molar-refractivity contribution in [1.82, 2.24) is 15.2 Å². The zero-order valence-electron chi connectivity index (χ0n) is 13.1. The fourth-order valence-corrected chi connectivity index (χ4v) is 3.88. The lowest BCUT2D eigenvalue weighted by atomic mass is 10.2. The van der Waals surface area contributed by atoms with Gasteiger partial charge in [-0.05, 0) is 26.4 Å². The van der Waals surface area contributed by atoms with Gasteiger partial charge >= 0.3 is 0 Å². The molecule has 114 valence electrons. The number of hydrogen-bond donors (Lipinski definition) is 1. The van der Waals surface area contributed by atoms with E-state index in [0.29, 0.717) is 0 Å². The van der Waals surface area contributed by atoms with Gasteiger partial charge in [-0.3, -0.25) is 4.90 Å². The molecule has 0 bridgehead atoms. The number of aromatic nitrogens is 1. The Morgan fingerprint density at radius 1 is 1.15 bits per heavy atom. The molecular weight excluding hydrogens is 268 g/mol. The molecule has 1 aromatic rings. The van der Waals surface area contributed by atoms with E-state index < -0.39 is 0 Å². The molecule has 0 aromatic carbocycles. The highest BCUT2D eigenvalue weighted by Crippen LogP contribution is 2.28. The van der Waals surface area contributed by atoms with Gasteiger partial charge in [0.05, 0.1) is 5.69 Å². The molecule has 2 heterocycles. The van der Waals surface area contributed by atoms with Gasteiger partial charge in [0, 0.05) is 37.6 Å². The first-order chi connectivity index (χ1) is 9.78. The summed E-state index contributed by atoms with van der Waals surface area (Å²) in [6.45, 7) is 11.3. The maximum atomic E-state index is 4.90. The van der Waals surface area contributed by atoms with Crippen molar-refractivity contribution in [1.29, 1.82) is 0 Å². The van der Waals surface area contributed by atoms with Crippen LogP contribution in [0.1, 0.15) is 37.3 Å². The van der Waals surface area contributed by atoms with Crippen LogP contribution in [0.25, 0.3) is 0 Å². The summed E-state index contributed by atoms with van der Waals surface area (Å²) >= 11 is 1.88. The van der Waals surface area contributed by atoms with Crippen molar-refractivity contribution >= 4 is 16.5 Å². The lowest BCUT2D eigenvalue weighted by Gasteiger charge is -2.34. The molecule has 0 radical (unpaired) electrons. The van der Waals surface area contributed by atoms with E-state index in [-0.39, 0.29) is 0 Å². The molecule has 2 rings (SSSR count). The number of nitrogens with one attached hydrogen (secondary N) is 1. The monoisotopic (exact) mass is 296 g/mol. The topological polar surface area (TPSA) is 31.4 Å². The van der Waals surface area contributed by atoms with Crippen molar-refractivity contribution in [3.8, 4) is 0 Å². The van der Waals surface area contributed by atoms with Crippen LogP contribution in [-0.4, -0.2) is 49.7 Å². The van der Waals surface area contributed by atoms with Gasteiger partial charge in [0.15, 0.2) is 5.13 Å². The number of nitrogens with zero attached hydrogens (tertiary/aromatic N) is 3. The van der Waals surface area contributed by atoms with Gasteiger partial charge in [0.1, 0.15) is 0 Å². The van der Waals surface area contributed by atoms with E-state index in [9.17, 15) is 0 Å². The SMILES string of the molecule is CCCc1nc(N2CCN(CCC)CC2)sc1CNC. The van der Waals surface area contributed by atoms with Crippen LogP contribution in [0.2, 0.25) is 0 Å². The zero-order chi connectivity index (χ0) is 14.4. The minimum absolute atomic E-state index is 0.947. The highest BCUT2D eigenvalue weighted by atomic mass is 32.1. The van der Waals surface area contributed by atoms with Crippen LogP contribution in [0.5, 0.6) is 0 Å². The molecule has 0 saturated carbocycles. The Morgan fingerprint density at radius 2 is 1.90 bits per heavy atom. The third-order valence-electron chi connectivity index (χ3n) is 3.77. The molecule has 1 aromatic heterocycles. The van der Waals surface area contributed by atoms with Gasteiger partial charge in [-0.15, -0.1) is 11.3 Å². The lowest BCUT2D eigenvalue weighted by molar-refractivity contribution is 0.258. The minimum atomic E-state index is 0.947. The van der Waals surface area contributed by atoms with Crippen LogP contribution < -0.4 is 10.2 Å². The normalized spacial score (nSPS) is 16.9. The fraction of sp³-hybridized carbons (Fsp3) is 0.800. The molecule has 0 amide bonds. The van der Waals surface area contributed by atoms with Gasteiger partial charge in [0.25, 0.3) is 0 Å². The van der Waals surface area contributed by atoms with Crippen molar-refractivity contribution < 1.29 is 0 Å². The van der Waals surface area contributed by atoms with E-state index in [0.717, 1.165) is 26.1 Å². The van der Waals surface area contributed by atoms with Crippen molar-refractivity contribution in [2.75, 3.05) is 44.7 Å². The molecule has 1 aliphatic rings. The summed E-state index contributed by atoms with van der Waals surface area (Å²) in [5, 5.41) is 4.50. The maximum Gasteiger partial charge on any atom is 0.185 e. The first-order valence-corrected chi connectivity index (χ1v) is 8.70. The molecule has 0 aliphatic carbocycles. The largest absolute Gasteiger partial charge is 0.346 e. The molecule has 1 N–H and O–H groups in total. The number of piperazine rings is 1. The second-order valence-electron chi connectivity index (χ2n) is 5.48. The third-order valence-corrected chi connectivity index (χ3v) is 4.93. The fourth-order valence-electron chi connectivity index (χ4n) is 2.71. The molecule has 20 heavy (non-hydrogen) atoms. The Labute approximate surface area is 127 Å². The van der Waals surface area contributed by atoms with Crippen LogP contribution in [0, 0.1) is 0 Å². The van der Waals surface area contributed by atoms with Crippen LogP contribution in [0.4, 0.5) is 5.13 Å². The molecule has 5 heteroatoms. The maximum absolute atomic E-state index is 4.90. The van der Waals surface area contributed by atoms with Gasteiger partial charge in [-0.25, -0.2) is 4.98 Å². The summed E-state index contributed by atoms with van der Waals surface area (Å²) in [7, 11) is 2.01. The Bertz CT molecular complexity index is 373. The van der Waals surface area contributed by atoms with E-state index in [4.69, 9.17) is 4.98 Å². The van der Waals surface area contributed by atoms with E-state index in [2.05, 4.69) is 29.0 Å². The van der Waals surface area contributed by atoms with Crippen molar-refractivity contribution in [2.45, 2.75) is 39.7 Å². The van der Waals surface area contributed by atoms with E-state index in [1.54, 1.807) is 0 Å². The van der Waals surface area contributed by atoms with Gasteiger partial charge in [-0.2, -0.15) is 0 Å². The van der Waals surface area contributed by atoms with Crippen LogP contribution in [0.3, 0.4) is 0 Å². The molecule has 4 nitrogen and oxygen atoms in total. The van der Waals surface area contributed by atoms with E-state index >= 15 is 0 Å². The number of anilines is 1. The number of rotatable bonds is 7. The molecule has 0 atom stereocenters. The van der Waals surface area contributed by atoms with Gasteiger partial charge < -0.3 is 10.2 Å². The highest BCUT2D eigenvalue weighted by Gasteiger charge is 2.20. The van der Waals surface area contributed by atoms with Crippen molar-refractivity contribution in [3.05, 3.63) is 10.6 Å². The van der Waals surface area contributed by atoms with Gasteiger partial charge in [-0.1, -0.05) is 20.3 Å². The van der Waals surface area contributed by atoms with Crippen molar-refractivity contribution in [2.24, 2.45) is 0 Å². The zero-order valence-corrected chi connectivity index (χ0v) is 13.9. The Balaban J connectivity index is 2.00. The smallest absolute Gasteiger partial charge is 0.185 e. The number of aryl methyl sites for hydroxylation is 1. The predicted molar refractivity (Wildman–Crippen MR) is 87.8 cm³/mol. The number of hydrogen-bond acceptors (Lipinski definition) is 5. The molecule has 0 unspecified atom stereocenters. The summed E-state index contributed by atoms with van der Waals surface area (Å²) in [6.07, 6.45) is 3.53. The first-order valence-electron chi connectivity index (χ1n) is 7.89. The average Bonchev–Trinajstić information content (AvgIpc) is 2.84. The summed E-state index contributed by atoms with van der Waals surface area (Å²) in [4.78, 5) is 11.3. The number of thiazole rings is 1. The van der Waals surface area contributed by atoms with E-state index in [1.807, 2.05) is 18.4 Å². The highest BCUT2D eigenvalue weighted by molar-refractivity contribution is 7.15. The van der Waals surface area contributed by atoms with Crippen LogP contribution >= 0.6 is 11.3 Å². The van der Waals surface area contributed by atoms with Gasteiger partial charge in [0.2, 0.25) is 0 Å². The summed E-state index contributed by atoms with van der Waals surface area (Å²) in [6, 6.07) is 0. The first kappa shape index (κ1) is 15.7. The third kappa shape index (κ3) is 3.93. The van der Waals surface area contributed by atoms with Crippen LogP contribution in [0.15, 0.2) is 0 Å². The van der Waals surface area contributed by atoms with Crippen LogP contribution in [-0.2, 0) is 13.0 Å². The predicted octanol–water partition coefficient (Wildman–Crippen LogP) is 2.35. The minimum Gasteiger partial charge on any atom is -0.346 e. The Hall–Kier alpha value is -0.650. The average molecular weight is 296 g/mol. The molecule has 0 spiro atoms. The lowest BCUT2D eigenvalue weighted by Crippen LogP contribution is -2.46. The van der Waals surface area contributed by atoms with Crippen molar-refractivity contribution in [3.63, 3.8) is 0 Å². The second kappa shape index (κ2) is 7.96. The Morgan fingerprint density at radius 3 is 2.50 bits per heavy atom. The second-order valence-corrected chi connectivity index (χ2v) is 6.54. The molecule has 1 aliphatic heterocycles. The molecule has 1 fully saturated rings. The van der Waals surface area contributed by atoms with E-state index in [1.165, 1.54) is 48.2 Å². The standard InChI is InChI=1S/C15H28N4S/c1-4-6-13-14(12-16-3)20-15(17-13)19-10-8-18(7-5-2)9-11-19/h16H,4-12H2,1-3H3. The summed E-state index contributed by atoms with van der Waals surface area (Å²) in [5.74, 6) is 0. The quantitative estimate of drug-likeness (QED) is 0.837. The Kier molecular flexibility index (Phi) is 6.26. The summed E-state index contributed by atoms with van der Waals surface area (Å²) < 4.78 is 0. The molecular formula is C15H28N4S. The summed E-state index contributed by atoms with van der Waals surface area (Å²) in [5.41, 5.74) is 1.30.